The third kappa shape index (κ3) is 3.19. The first-order valence-electron chi connectivity index (χ1n) is 11.8. The standard InChI is InChI=1S/C31H28O2S/c1-29(2)32-27-28(33-29)31(25-19-11-5-12-20-25,26-21-13-6-14-22-26)34-30(27,23-15-7-3-8-16-23)24-17-9-4-10-18-24/h3-22,27-28H,1-2H3/t27-,28-/m1/s1. The zero-order valence-corrected chi connectivity index (χ0v) is 20.2. The van der Waals surface area contributed by atoms with Gasteiger partial charge in [0.2, 0.25) is 0 Å². The molecule has 0 saturated carbocycles. The summed E-state index contributed by atoms with van der Waals surface area (Å²) in [5, 5.41) is 0. The third-order valence-corrected chi connectivity index (χ3v) is 9.08. The fourth-order valence-corrected chi connectivity index (χ4v) is 7.79. The molecular formula is C31H28O2S. The number of benzene rings is 4. The summed E-state index contributed by atoms with van der Waals surface area (Å²) in [6.45, 7) is 4.08. The number of ether oxygens (including phenoxy) is 2. The maximum atomic E-state index is 6.85. The Morgan fingerprint density at radius 3 is 1.00 bits per heavy atom. The average Bonchev–Trinajstić information content (AvgIpc) is 3.36. The number of rotatable bonds is 4. The third-order valence-electron chi connectivity index (χ3n) is 7.03. The minimum absolute atomic E-state index is 0.183. The van der Waals surface area contributed by atoms with E-state index in [0.717, 1.165) is 0 Å². The molecule has 4 aromatic rings. The predicted octanol–water partition coefficient (Wildman–Crippen LogP) is 7.14. The van der Waals surface area contributed by atoms with Crippen molar-refractivity contribution in [1.29, 1.82) is 0 Å². The summed E-state index contributed by atoms with van der Waals surface area (Å²) in [5.74, 6) is -0.695. The van der Waals surface area contributed by atoms with Gasteiger partial charge in [0.05, 0.1) is 9.49 Å². The van der Waals surface area contributed by atoms with Gasteiger partial charge in [-0.3, -0.25) is 0 Å². The number of hydrogen-bond acceptors (Lipinski definition) is 3. The normalized spacial score (nSPS) is 23.9. The van der Waals surface area contributed by atoms with Crippen LogP contribution in [0.5, 0.6) is 0 Å². The smallest absolute Gasteiger partial charge is 0.163 e. The van der Waals surface area contributed by atoms with Crippen molar-refractivity contribution in [2.24, 2.45) is 0 Å². The summed E-state index contributed by atoms with van der Waals surface area (Å²) in [6.07, 6.45) is -0.365. The van der Waals surface area contributed by atoms with Crippen LogP contribution < -0.4 is 0 Å². The Morgan fingerprint density at radius 2 is 0.735 bits per heavy atom. The van der Waals surface area contributed by atoms with Crippen LogP contribution in [-0.4, -0.2) is 18.0 Å². The lowest BCUT2D eigenvalue weighted by molar-refractivity contribution is -0.151. The van der Waals surface area contributed by atoms with Gasteiger partial charge in [-0.1, -0.05) is 121 Å². The molecule has 0 amide bonds. The van der Waals surface area contributed by atoms with Gasteiger partial charge in [-0.25, -0.2) is 0 Å². The highest BCUT2D eigenvalue weighted by Gasteiger charge is 2.70. The topological polar surface area (TPSA) is 18.5 Å². The molecule has 3 heteroatoms. The molecule has 2 aliphatic heterocycles. The number of hydrogen-bond donors (Lipinski definition) is 0. The molecule has 2 aliphatic rings. The van der Waals surface area contributed by atoms with Crippen LogP contribution in [0.15, 0.2) is 121 Å². The molecule has 0 unspecified atom stereocenters. The second-order valence-electron chi connectivity index (χ2n) is 9.51. The molecule has 0 bridgehead atoms. The summed E-state index contributed by atoms with van der Waals surface area (Å²) in [4.78, 5) is 0. The van der Waals surface area contributed by atoms with Gasteiger partial charge in [-0.2, -0.15) is 0 Å². The highest BCUT2D eigenvalue weighted by Crippen LogP contribution is 2.69. The highest BCUT2D eigenvalue weighted by molar-refractivity contribution is 8.02. The lowest BCUT2D eigenvalue weighted by Gasteiger charge is -2.39. The van der Waals surface area contributed by atoms with E-state index in [-0.39, 0.29) is 12.2 Å². The maximum absolute atomic E-state index is 6.85. The van der Waals surface area contributed by atoms with Crippen molar-refractivity contribution in [2.75, 3.05) is 0 Å². The van der Waals surface area contributed by atoms with Crippen molar-refractivity contribution in [3.05, 3.63) is 144 Å². The van der Waals surface area contributed by atoms with E-state index in [9.17, 15) is 0 Å². The van der Waals surface area contributed by atoms with Crippen LogP contribution in [0, 0.1) is 0 Å². The lowest BCUT2D eigenvalue weighted by Crippen LogP contribution is -2.41. The van der Waals surface area contributed by atoms with Crippen molar-refractivity contribution in [1.82, 2.24) is 0 Å². The van der Waals surface area contributed by atoms with Gasteiger partial charge in [-0.05, 0) is 36.1 Å². The minimum Gasteiger partial charge on any atom is -0.342 e. The Labute approximate surface area is 205 Å². The average molecular weight is 465 g/mol. The first kappa shape index (κ1) is 21.7. The zero-order chi connectivity index (χ0) is 23.2. The highest BCUT2D eigenvalue weighted by atomic mass is 32.2. The van der Waals surface area contributed by atoms with Crippen LogP contribution >= 0.6 is 11.8 Å². The Hall–Kier alpha value is -2.85. The van der Waals surface area contributed by atoms with E-state index in [4.69, 9.17) is 9.47 Å². The fourth-order valence-electron chi connectivity index (χ4n) is 5.69. The molecule has 0 aliphatic carbocycles. The maximum Gasteiger partial charge on any atom is 0.163 e. The first-order valence-corrected chi connectivity index (χ1v) is 12.7. The van der Waals surface area contributed by atoms with E-state index in [1.165, 1.54) is 22.3 Å². The Bertz CT molecular complexity index is 1080. The van der Waals surface area contributed by atoms with Crippen LogP contribution in [-0.2, 0) is 19.0 Å². The van der Waals surface area contributed by atoms with Gasteiger partial charge < -0.3 is 9.47 Å². The van der Waals surface area contributed by atoms with Gasteiger partial charge in [-0.15, -0.1) is 11.8 Å². The molecule has 4 aromatic carbocycles. The molecule has 170 valence electrons. The number of fused-ring (bicyclic) bond motifs is 1. The molecule has 2 fully saturated rings. The van der Waals surface area contributed by atoms with Gasteiger partial charge in [0, 0.05) is 0 Å². The van der Waals surface area contributed by atoms with Crippen molar-refractivity contribution in [3.63, 3.8) is 0 Å². The van der Waals surface area contributed by atoms with Crippen LogP contribution in [0.25, 0.3) is 0 Å². The molecule has 0 radical (unpaired) electrons. The van der Waals surface area contributed by atoms with Crippen molar-refractivity contribution in [2.45, 2.75) is 41.3 Å². The summed E-state index contributed by atoms with van der Waals surface area (Å²) >= 11 is 1.96. The van der Waals surface area contributed by atoms with E-state index in [1.807, 2.05) is 25.6 Å². The molecular weight excluding hydrogens is 436 g/mol. The summed E-state index contributed by atoms with van der Waals surface area (Å²) in [6, 6.07) is 43.2. The minimum atomic E-state index is -0.695. The molecule has 0 N–H and O–H groups in total. The molecule has 2 nitrogen and oxygen atoms in total. The van der Waals surface area contributed by atoms with E-state index >= 15 is 0 Å². The zero-order valence-electron chi connectivity index (χ0n) is 19.4. The van der Waals surface area contributed by atoms with Gasteiger partial charge >= 0.3 is 0 Å². The van der Waals surface area contributed by atoms with Gasteiger partial charge in [0.15, 0.2) is 5.79 Å². The van der Waals surface area contributed by atoms with E-state index in [0.29, 0.717) is 0 Å². The molecule has 6 rings (SSSR count). The second-order valence-corrected chi connectivity index (χ2v) is 11.0. The Kier molecular flexibility index (Phi) is 5.18. The SMILES string of the molecule is CC1(C)O[C@@H]2[C@@H](O1)C(c1ccccc1)(c1ccccc1)SC2(c1ccccc1)c1ccccc1. The lowest BCUT2D eigenvalue weighted by atomic mass is 9.77. The molecule has 2 atom stereocenters. The fraction of sp³-hybridized carbons (Fsp3) is 0.226. The van der Waals surface area contributed by atoms with Gasteiger partial charge in [0.25, 0.3) is 0 Å². The van der Waals surface area contributed by atoms with E-state index in [1.54, 1.807) is 0 Å². The van der Waals surface area contributed by atoms with Crippen LogP contribution in [0.1, 0.15) is 36.1 Å². The van der Waals surface area contributed by atoms with Crippen molar-refractivity contribution >= 4 is 11.8 Å². The Balaban J connectivity index is 1.70. The summed E-state index contributed by atoms with van der Waals surface area (Å²) in [7, 11) is 0. The predicted molar refractivity (Wildman–Crippen MR) is 139 cm³/mol. The molecule has 0 spiro atoms. The molecule has 34 heavy (non-hydrogen) atoms. The van der Waals surface area contributed by atoms with E-state index < -0.39 is 15.3 Å². The molecule has 2 heterocycles. The van der Waals surface area contributed by atoms with Gasteiger partial charge in [0.1, 0.15) is 12.2 Å². The first-order chi connectivity index (χ1) is 16.6. The summed E-state index contributed by atoms with van der Waals surface area (Å²) < 4.78 is 12.8. The molecule has 0 aromatic heterocycles. The molecule has 2 saturated heterocycles. The van der Waals surface area contributed by atoms with Crippen LogP contribution in [0.2, 0.25) is 0 Å². The number of thioether (sulfide) groups is 1. The Morgan fingerprint density at radius 1 is 0.471 bits per heavy atom. The summed E-state index contributed by atoms with van der Waals surface area (Å²) in [5.41, 5.74) is 4.93. The largest absolute Gasteiger partial charge is 0.342 e. The van der Waals surface area contributed by atoms with Crippen LogP contribution in [0.3, 0.4) is 0 Å². The van der Waals surface area contributed by atoms with E-state index in [2.05, 4.69) is 121 Å². The van der Waals surface area contributed by atoms with Crippen molar-refractivity contribution in [3.8, 4) is 0 Å². The van der Waals surface area contributed by atoms with Crippen molar-refractivity contribution < 1.29 is 9.47 Å². The monoisotopic (exact) mass is 464 g/mol. The second kappa shape index (κ2) is 8.13. The quantitative estimate of drug-likeness (QED) is 0.320. The van der Waals surface area contributed by atoms with Crippen LogP contribution in [0.4, 0.5) is 0 Å².